The molecule has 23 heavy (non-hydrogen) atoms. The van der Waals surface area contributed by atoms with Gasteiger partial charge in [-0.15, -0.1) is 11.3 Å². The van der Waals surface area contributed by atoms with Crippen LogP contribution in [0.15, 0.2) is 9.98 Å². The number of halogens is 1. The van der Waals surface area contributed by atoms with Crippen LogP contribution in [-0.4, -0.2) is 19.6 Å². The van der Waals surface area contributed by atoms with Gasteiger partial charge in [0, 0.05) is 17.3 Å². The molecule has 0 aromatic carbocycles. The number of rotatable bonds is 4. The molecular formula is C17H21BrN4S. The molecule has 0 N–H and O–H groups in total. The van der Waals surface area contributed by atoms with Gasteiger partial charge in [0.05, 0.1) is 21.8 Å². The summed E-state index contributed by atoms with van der Waals surface area (Å²) in [6.07, 6.45) is 2.21. The third-order valence-electron chi connectivity index (χ3n) is 4.32. The summed E-state index contributed by atoms with van der Waals surface area (Å²) in [5.74, 6) is 0.501. The highest BCUT2D eigenvalue weighted by Gasteiger charge is 2.22. The molecule has 3 heterocycles. The number of thiazole rings is 1. The highest BCUT2D eigenvalue weighted by Crippen LogP contribution is 2.37. The third-order valence-corrected chi connectivity index (χ3v) is 5.95. The zero-order chi connectivity index (χ0) is 16.7. The normalized spacial score (nSPS) is 11.8. The maximum absolute atomic E-state index is 4.82. The number of nitrogens with zero attached hydrogens (tertiary/aromatic N) is 4. The van der Waals surface area contributed by atoms with Crippen molar-refractivity contribution in [1.29, 1.82) is 0 Å². The molecule has 0 fully saturated rings. The van der Waals surface area contributed by atoms with Gasteiger partial charge < -0.3 is 0 Å². The van der Waals surface area contributed by atoms with E-state index in [0.29, 0.717) is 5.92 Å². The van der Waals surface area contributed by atoms with E-state index in [1.165, 1.54) is 5.69 Å². The summed E-state index contributed by atoms with van der Waals surface area (Å²) in [6.45, 7) is 10.6. The quantitative estimate of drug-likeness (QED) is 0.593. The largest absolute Gasteiger partial charge is 0.234 e. The molecule has 3 rings (SSSR count). The van der Waals surface area contributed by atoms with Gasteiger partial charge in [0.25, 0.3) is 0 Å². The van der Waals surface area contributed by atoms with E-state index in [1.807, 2.05) is 11.4 Å². The van der Waals surface area contributed by atoms with Crippen LogP contribution in [0.1, 0.15) is 55.4 Å². The Kier molecular flexibility index (Phi) is 4.56. The van der Waals surface area contributed by atoms with Gasteiger partial charge in [-0.3, -0.25) is 0 Å². The van der Waals surface area contributed by atoms with Crippen LogP contribution >= 0.6 is 27.3 Å². The van der Waals surface area contributed by atoms with E-state index in [0.717, 1.165) is 49.9 Å². The molecule has 4 nitrogen and oxygen atoms in total. The van der Waals surface area contributed by atoms with Crippen molar-refractivity contribution >= 4 is 32.9 Å². The molecule has 6 heteroatoms. The van der Waals surface area contributed by atoms with Gasteiger partial charge in [-0.2, -0.15) is 5.10 Å². The lowest BCUT2D eigenvalue weighted by atomic mass is 9.98. The topological polar surface area (TPSA) is 43.1 Å². The second kappa shape index (κ2) is 6.32. The van der Waals surface area contributed by atoms with Crippen molar-refractivity contribution in [2.24, 2.45) is 0 Å². The fourth-order valence-corrected chi connectivity index (χ4v) is 4.77. The van der Waals surface area contributed by atoms with Gasteiger partial charge in [-0.25, -0.2) is 14.5 Å². The van der Waals surface area contributed by atoms with Crippen LogP contribution in [-0.2, 0) is 0 Å². The van der Waals surface area contributed by atoms with Gasteiger partial charge in [0.15, 0.2) is 9.56 Å². The molecule has 0 radical (unpaired) electrons. The average molecular weight is 393 g/mol. The Balaban J connectivity index is 2.33. The van der Waals surface area contributed by atoms with Crippen LogP contribution in [0.4, 0.5) is 0 Å². The molecule has 0 saturated heterocycles. The van der Waals surface area contributed by atoms with E-state index in [4.69, 9.17) is 10.1 Å². The van der Waals surface area contributed by atoms with E-state index in [1.54, 1.807) is 11.3 Å². The Morgan fingerprint density at radius 1 is 1.13 bits per heavy atom. The monoisotopic (exact) mass is 392 g/mol. The number of hydrogen-bond acceptors (Lipinski definition) is 4. The molecule has 0 amide bonds. The number of fused-ring (bicyclic) bond motifs is 1. The van der Waals surface area contributed by atoms with Crippen LogP contribution in [0.5, 0.6) is 0 Å². The van der Waals surface area contributed by atoms with Gasteiger partial charge in [0.1, 0.15) is 0 Å². The maximum Gasteiger partial charge on any atom is 0.164 e. The van der Waals surface area contributed by atoms with Gasteiger partial charge >= 0.3 is 0 Å². The Morgan fingerprint density at radius 3 is 2.39 bits per heavy atom. The minimum absolute atomic E-state index is 0.501. The number of hydrogen-bond donors (Lipinski definition) is 0. The SMILES string of the molecule is CCC(CC)c1cc(C)nc2c(-c3sc(Br)nc3C)c(C)nn12. The predicted octanol–water partition coefficient (Wildman–Crippen LogP) is 5.44. The summed E-state index contributed by atoms with van der Waals surface area (Å²) in [5.41, 5.74) is 6.39. The van der Waals surface area contributed by atoms with E-state index in [2.05, 4.69) is 54.7 Å². The Labute approximate surface area is 149 Å². The van der Waals surface area contributed by atoms with Crippen LogP contribution in [0.25, 0.3) is 16.1 Å². The molecule has 0 aliphatic carbocycles. The molecule has 0 unspecified atom stereocenters. The first-order valence-corrected chi connectivity index (χ1v) is 9.57. The van der Waals surface area contributed by atoms with Crippen LogP contribution in [0, 0.1) is 20.8 Å². The fourth-order valence-electron chi connectivity index (χ4n) is 3.13. The lowest BCUT2D eigenvalue weighted by Crippen LogP contribution is -2.07. The molecule has 0 aliphatic heterocycles. The summed E-state index contributed by atoms with van der Waals surface area (Å²) in [5, 5.41) is 4.82. The smallest absolute Gasteiger partial charge is 0.164 e. The molecular weight excluding hydrogens is 372 g/mol. The summed E-state index contributed by atoms with van der Waals surface area (Å²) in [6, 6.07) is 2.18. The lowest BCUT2D eigenvalue weighted by molar-refractivity contribution is 0.598. The zero-order valence-electron chi connectivity index (χ0n) is 14.1. The molecule has 0 atom stereocenters. The van der Waals surface area contributed by atoms with Crippen molar-refractivity contribution in [3.05, 3.63) is 32.8 Å². The molecule has 122 valence electrons. The first kappa shape index (κ1) is 16.6. The first-order chi connectivity index (χ1) is 11.0. The van der Waals surface area contributed by atoms with Crippen molar-refractivity contribution < 1.29 is 0 Å². The van der Waals surface area contributed by atoms with E-state index >= 15 is 0 Å². The standard InChI is InChI=1S/C17H21BrN4S/c1-6-12(7-2)13-8-9(3)19-16-14(10(4)21-22(13)16)15-11(5)20-17(18)23-15/h8,12H,6-7H2,1-5H3. The molecule has 3 aromatic heterocycles. The number of aryl methyl sites for hydroxylation is 3. The van der Waals surface area contributed by atoms with Gasteiger partial charge in [-0.1, -0.05) is 13.8 Å². The van der Waals surface area contributed by atoms with Crippen LogP contribution in [0.2, 0.25) is 0 Å². The summed E-state index contributed by atoms with van der Waals surface area (Å²) >= 11 is 5.14. The summed E-state index contributed by atoms with van der Waals surface area (Å²) in [7, 11) is 0. The first-order valence-electron chi connectivity index (χ1n) is 7.96. The van der Waals surface area contributed by atoms with Crippen molar-refractivity contribution in [3.63, 3.8) is 0 Å². The second-order valence-electron chi connectivity index (χ2n) is 5.91. The lowest BCUT2D eigenvalue weighted by Gasteiger charge is -2.15. The van der Waals surface area contributed by atoms with Crippen molar-refractivity contribution in [2.75, 3.05) is 0 Å². The number of aromatic nitrogens is 4. The zero-order valence-corrected chi connectivity index (χ0v) is 16.5. The van der Waals surface area contributed by atoms with Crippen LogP contribution < -0.4 is 0 Å². The maximum atomic E-state index is 4.82. The molecule has 0 spiro atoms. The molecule has 0 aliphatic rings. The van der Waals surface area contributed by atoms with Gasteiger partial charge in [-0.05, 0) is 55.6 Å². The average Bonchev–Trinajstić information content (AvgIpc) is 2.98. The van der Waals surface area contributed by atoms with E-state index in [-0.39, 0.29) is 0 Å². The Bertz CT molecular complexity index is 861. The summed E-state index contributed by atoms with van der Waals surface area (Å²) in [4.78, 5) is 10.4. The second-order valence-corrected chi connectivity index (χ2v) is 8.19. The molecule has 3 aromatic rings. The van der Waals surface area contributed by atoms with Gasteiger partial charge in [0.2, 0.25) is 0 Å². The Hall–Kier alpha value is -1.27. The molecule has 0 saturated carbocycles. The van der Waals surface area contributed by atoms with Crippen molar-refractivity contribution in [3.8, 4) is 10.4 Å². The van der Waals surface area contributed by atoms with Crippen LogP contribution in [0.3, 0.4) is 0 Å². The predicted molar refractivity (Wildman–Crippen MR) is 99.3 cm³/mol. The Morgan fingerprint density at radius 2 is 1.83 bits per heavy atom. The highest BCUT2D eigenvalue weighted by molar-refractivity contribution is 9.11. The third kappa shape index (κ3) is 2.83. The minimum Gasteiger partial charge on any atom is -0.234 e. The van der Waals surface area contributed by atoms with E-state index < -0.39 is 0 Å². The summed E-state index contributed by atoms with van der Waals surface area (Å²) < 4.78 is 2.94. The fraction of sp³-hybridized carbons (Fsp3) is 0.471. The molecule has 0 bridgehead atoms. The van der Waals surface area contributed by atoms with Crippen molar-refractivity contribution in [1.82, 2.24) is 19.6 Å². The minimum atomic E-state index is 0.501. The van der Waals surface area contributed by atoms with E-state index in [9.17, 15) is 0 Å². The van der Waals surface area contributed by atoms with Crippen molar-refractivity contribution in [2.45, 2.75) is 53.4 Å². The highest BCUT2D eigenvalue weighted by atomic mass is 79.9.